The number of carbonyl (C=O) groups is 1. The fraction of sp³-hybridized carbons (Fsp3) is 0.118. The molecule has 0 saturated carbocycles. The number of nitrogens with one attached hydrogen (secondary N) is 1. The molecule has 3 heteroatoms. The zero-order valence-corrected chi connectivity index (χ0v) is 11.2. The van der Waals surface area contributed by atoms with Crippen LogP contribution >= 0.6 is 0 Å². The third-order valence-electron chi connectivity index (χ3n) is 3.31. The van der Waals surface area contributed by atoms with Gasteiger partial charge in [0.25, 0.3) is 0 Å². The lowest BCUT2D eigenvalue weighted by Gasteiger charge is -2.07. The SMILES string of the molecule is CCOC(=O)c1[nH]ccc1-c1cccc2ccccc12. The summed E-state index contributed by atoms with van der Waals surface area (Å²) >= 11 is 0. The number of aromatic nitrogens is 1. The minimum atomic E-state index is -0.319. The van der Waals surface area contributed by atoms with Crippen LogP contribution < -0.4 is 0 Å². The Morgan fingerprint density at radius 3 is 2.70 bits per heavy atom. The molecule has 20 heavy (non-hydrogen) atoms. The maximum absolute atomic E-state index is 12.0. The van der Waals surface area contributed by atoms with Crippen LogP contribution in [0.1, 0.15) is 17.4 Å². The molecule has 0 amide bonds. The third kappa shape index (κ3) is 2.07. The highest BCUT2D eigenvalue weighted by molar-refractivity contribution is 6.03. The Kier molecular flexibility index (Phi) is 3.25. The van der Waals surface area contributed by atoms with Crippen molar-refractivity contribution in [3.63, 3.8) is 0 Å². The summed E-state index contributed by atoms with van der Waals surface area (Å²) in [4.78, 5) is 15.0. The van der Waals surface area contributed by atoms with E-state index >= 15 is 0 Å². The number of aromatic amines is 1. The molecule has 0 aliphatic rings. The Bertz CT molecular complexity index is 753. The van der Waals surface area contributed by atoms with Crippen LogP contribution in [0.25, 0.3) is 21.9 Å². The van der Waals surface area contributed by atoms with Gasteiger partial charge in [-0.1, -0.05) is 42.5 Å². The fourth-order valence-electron chi connectivity index (χ4n) is 2.43. The molecule has 0 fully saturated rings. The molecule has 100 valence electrons. The van der Waals surface area contributed by atoms with Crippen molar-refractivity contribution in [2.24, 2.45) is 0 Å². The van der Waals surface area contributed by atoms with Gasteiger partial charge in [0.1, 0.15) is 5.69 Å². The highest BCUT2D eigenvalue weighted by Gasteiger charge is 2.16. The molecule has 1 heterocycles. The van der Waals surface area contributed by atoms with Gasteiger partial charge in [-0.15, -0.1) is 0 Å². The van der Waals surface area contributed by atoms with E-state index in [0.29, 0.717) is 12.3 Å². The second-order valence-electron chi connectivity index (χ2n) is 4.51. The van der Waals surface area contributed by atoms with Gasteiger partial charge in [-0.3, -0.25) is 0 Å². The van der Waals surface area contributed by atoms with Crippen molar-refractivity contribution in [1.82, 2.24) is 4.98 Å². The Hall–Kier alpha value is -2.55. The van der Waals surface area contributed by atoms with Gasteiger partial charge in [0.15, 0.2) is 0 Å². The Labute approximate surface area is 117 Å². The molecule has 0 radical (unpaired) electrons. The Balaban J connectivity index is 2.17. The maximum atomic E-state index is 12.0. The van der Waals surface area contributed by atoms with Gasteiger partial charge in [0, 0.05) is 11.8 Å². The van der Waals surface area contributed by atoms with Crippen LogP contribution in [0.15, 0.2) is 54.7 Å². The van der Waals surface area contributed by atoms with Crippen molar-refractivity contribution < 1.29 is 9.53 Å². The summed E-state index contributed by atoms with van der Waals surface area (Å²) < 4.78 is 5.09. The topological polar surface area (TPSA) is 42.1 Å². The number of carbonyl (C=O) groups excluding carboxylic acids is 1. The molecule has 0 aliphatic heterocycles. The predicted molar refractivity (Wildman–Crippen MR) is 79.7 cm³/mol. The zero-order chi connectivity index (χ0) is 13.9. The first-order valence-corrected chi connectivity index (χ1v) is 6.64. The van der Waals surface area contributed by atoms with E-state index in [1.807, 2.05) is 30.3 Å². The summed E-state index contributed by atoms with van der Waals surface area (Å²) in [7, 11) is 0. The van der Waals surface area contributed by atoms with Gasteiger partial charge in [0.05, 0.1) is 6.61 Å². The van der Waals surface area contributed by atoms with Crippen LogP contribution in [0.4, 0.5) is 0 Å². The second kappa shape index (κ2) is 5.21. The van der Waals surface area contributed by atoms with E-state index in [2.05, 4.69) is 23.2 Å². The van der Waals surface area contributed by atoms with E-state index in [1.54, 1.807) is 13.1 Å². The highest BCUT2D eigenvalue weighted by atomic mass is 16.5. The van der Waals surface area contributed by atoms with Gasteiger partial charge >= 0.3 is 5.97 Å². The molecule has 1 N–H and O–H groups in total. The normalized spacial score (nSPS) is 10.7. The molecule has 0 atom stereocenters. The minimum absolute atomic E-state index is 0.319. The maximum Gasteiger partial charge on any atom is 0.355 e. The molecule has 1 aromatic heterocycles. The number of H-pyrrole nitrogens is 1. The number of hydrogen-bond donors (Lipinski definition) is 1. The highest BCUT2D eigenvalue weighted by Crippen LogP contribution is 2.30. The zero-order valence-electron chi connectivity index (χ0n) is 11.2. The summed E-state index contributed by atoms with van der Waals surface area (Å²) in [6.07, 6.45) is 1.77. The number of esters is 1. The van der Waals surface area contributed by atoms with Crippen molar-refractivity contribution in [1.29, 1.82) is 0 Å². The van der Waals surface area contributed by atoms with Crippen LogP contribution in [-0.2, 0) is 4.74 Å². The average Bonchev–Trinajstić information content (AvgIpc) is 2.96. The van der Waals surface area contributed by atoms with Crippen LogP contribution in [0.3, 0.4) is 0 Å². The Morgan fingerprint density at radius 1 is 1.05 bits per heavy atom. The quantitative estimate of drug-likeness (QED) is 0.727. The van der Waals surface area contributed by atoms with Crippen molar-refractivity contribution in [2.45, 2.75) is 6.92 Å². The van der Waals surface area contributed by atoms with Gasteiger partial charge < -0.3 is 9.72 Å². The first-order chi connectivity index (χ1) is 9.81. The fourth-order valence-corrected chi connectivity index (χ4v) is 2.43. The van der Waals surface area contributed by atoms with E-state index < -0.39 is 0 Å². The van der Waals surface area contributed by atoms with Crippen LogP contribution in [0.5, 0.6) is 0 Å². The van der Waals surface area contributed by atoms with E-state index in [0.717, 1.165) is 21.9 Å². The summed E-state index contributed by atoms with van der Waals surface area (Å²) in [6.45, 7) is 2.17. The molecular formula is C17H15NO2. The number of fused-ring (bicyclic) bond motifs is 1. The lowest BCUT2D eigenvalue weighted by molar-refractivity contribution is 0.0521. The summed E-state index contributed by atoms with van der Waals surface area (Å²) in [6, 6.07) is 16.1. The Morgan fingerprint density at radius 2 is 1.85 bits per heavy atom. The summed E-state index contributed by atoms with van der Waals surface area (Å²) in [5, 5.41) is 2.28. The molecule has 0 unspecified atom stereocenters. The number of rotatable bonds is 3. The average molecular weight is 265 g/mol. The predicted octanol–water partition coefficient (Wildman–Crippen LogP) is 4.01. The molecule has 3 nitrogen and oxygen atoms in total. The molecule has 0 bridgehead atoms. The molecule has 0 aliphatic carbocycles. The van der Waals surface area contributed by atoms with Crippen LogP contribution in [-0.4, -0.2) is 17.6 Å². The van der Waals surface area contributed by atoms with Crippen molar-refractivity contribution >= 4 is 16.7 Å². The number of ether oxygens (including phenoxy) is 1. The first kappa shape index (κ1) is 12.5. The molecule has 2 aromatic carbocycles. The first-order valence-electron chi connectivity index (χ1n) is 6.64. The van der Waals surface area contributed by atoms with E-state index in [4.69, 9.17) is 4.74 Å². The lowest BCUT2D eigenvalue weighted by Crippen LogP contribution is -2.06. The summed E-state index contributed by atoms with van der Waals surface area (Å²) in [5.41, 5.74) is 2.41. The van der Waals surface area contributed by atoms with E-state index in [1.165, 1.54) is 0 Å². The summed E-state index contributed by atoms with van der Waals surface area (Å²) in [5.74, 6) is -0.319. The largest absolute Gasteiger partial charge is 0.461 e. The number of hydrogen-bond acceptors (Lipinski definition) is 2. The van der Waals surface area contributed by atoms with Crippen LogP contribution in [0.2, 0.25) is 0 Å². The van der Waals surface area contributed by atoms with Gasteiger partial charge in [0.2, 0.25) is 0 Å². The molecule has 3 rings (SSSR count). The third-order valence-corrected chi connectivity index (χ3v) is 3.31. The van der Waals surface area contributed by atoms with E-state index in [9.17, 15) is 4.79 Å². The van der Waals surface area contributed by atoms with Gasteiger partial charge in [-0.2, -0.15) is 0 Å². The molecule has 3 aromatic rings. The van der Waals surface area contributed by atoms with Gasteiger partial charge in [-0.05, 0) is 29.3 Å². The molecule has 0 saturated heterocycles. The lowest BCUT2D eigenvalue weighted by atomic mass is 9.98. The molecule has 0 spiro atoms. The second-order valence-corrected chi connectivity index (χ2v) is 4.51. The smallest absolute Gasteiger partial charge is 0.355 e. The minimum Gasteiger partial charge on any atom is -0.461 e. The number of benzene rings is 2. The molecular weight excluding hydrogens is 250 g/mol. The van der Waals surface area contributed by atoms with Crippen LogP contribution in [0, 0.1) is 0 Å². The monoisotopic (exact) mass is 265 g/mol. The standard InChI is InChI=1S/C17H15NO2/c1-2-20-17(19)16-15(10-11-18-16)14-9-5-7-12-6-3-4-8-13(12)14/h3-11,18H,2H2,1H3. The van der Waals surface area contributed by atoms with Gasteiger partial charge in [-0.25, -0.2) is 4.79 Å². The van der Waals surface area contributed by atoms with Crippen molar-refractivity contribution in [3.05, 3.63) is 60.4 Å². The van der Waals surface area contributed by atoms with E-state index in [-0.39, 0.29) is 5.97 Å². The van der Waals surface area contributed by atoms with Crippen molar-refractivity contribution in [2.75, 3.05) is 6.61 Å². The van der Waals surface area contributed by atoms with Crippen molar-refractivity contribution in [3.8, 4) is 11.1 Å².